The maximum atomic E-state index is 13.5. The first-order valence-electron chi connectivity index (χ1n) is 10.2. The van der Waals surface area contributed by atoms with Gasteiger partial charge in [0.25, 0.3) is 10.0 Å². The molecule has 0 spiro atoms. The first kappa shape index (κ1) is 24.6. The third-order valence-corrected chi connectivity index (χ3v) is 7.14. The van der Waals surface area contributed by atoms with Crippen molar-refractivity contribution in [2.45, 2.75) is 24.1 Å². The van der Waals surface area contributed by atoms with E-state index in [0.717, 1.165) is 16.1 Å². The quantitative estimate of drug-likeness (QED) is 0.316. The molecular formula is C24H17ClF3NO5S. The van der Waals surface area contributed by atoms with E-state index >= 15 is 0 Å². The summed E-state index contributed by atoms with van der Waals surface area (Å²) in [6.45, 7) is 0. The van der Waals surface area contributed by atoms with Crippen molar-refractivity contribution in [1.29, 1.82) is 0 Å². The second-order valence-corrected chi connectivity index (χ2v) is 9.86. The van der Waals surface area contributed by atoms with Gasteiger partial charge in [0.15, 0.2) is 0 Å². The normalized spacial score (nSPS) is 12.1. The van der Waals surface area contributed by atoms with Gasteiger partial charge in [-0.15, -0.1) is 13.2 Å². The van der Waals surface area contributed by atoms with Gasteiger partial charge in [-0.25, -0.2) is 12.4 Å². The number of benzene rings is 3. The molecule has 0 saturated carbocycles. The Morgan fingerprint density at radius 3 is 2.37 bits per heavy atom. The van der Waals surface area contributed by atoms with Gasteiger partial charge in [-0.1, -0.05) is 35.9 Å². The molecule has 35 heavy (non-hydrogen) atoms. The van der Waals surface area contributed by atoms with E-state index in [-0.39, 0.29) is 17.7 Å². The van der Waals surface area contributed by atoms with Crippen LogP contribution in [-0.4, -0.2) is 29.8 Å². The van der Waals surface area contributed by atoms with Crippen molar-refractivity contribution in [1.82, 2.24) is 3.97 Å². The Balaban J connectivity index is 1.73. The van der Waals surface area contributed by atoms with Crippen LogP contribution in [0, 0.1) is 0 Å². The van der Waals surface area contributed by atoms with Crippen molar-refractivity contribution in [2.75, 3.05) is 0 Å². The number of hydrogen-bond donors (Lipinski definition) is 1. The minimum Gasteiger partial charge on any atom is -0.481 e. The molecule has 1 N–H and O–H groups in total. The number of halogens is 4. The maximum absolute atomic E-state index is 13.5. The summed E-state index contributed by atoms with van der Waals surface area (Å²) in [5.41, 5.74) is 1.82. The van der Waals surface area contributed by atoms with E-state index in [1.54, 1.807) is 18.2 Å². The highest BCUT2D eigenvalue weighted by Crippen LogP contribution is 2.31. The van der Waals surface area contributed by atoms with Crippen LogP contribution < -0.4 is 4.74 Å². The molecule has 0 atom stereocenters. The Kier molecular flexibility index (Phi) is 6.52. The molecule has 11 heteroatoms. The van der Waals surface area contributed by atoms with Crippen LogP contribution in [0.5, 0.6) is 5.75 Å². The maximum Gasteiger partial charge on any atom is 0.573 e. The Labute approximate surface area is 203 Å². The second-order valence-electron chi connectivity index (χ2n) is 7.61. The molecule has 1 aromatic heterocycles. The number of rotatable bonds is 7. The summed E-state index contributed by atoms with van der Waals surface area (Å²) >= 11 is 6.08. The van der Waals surface area contributed by atoms with Crippen molar-refractivity contribution in [3.05, 3.63) is 83.5 Å². The van der Waals surface area contributed by atoms with Gasteiger partial charge in [0.1, 0.15) is 5.75 Å². The number of hydrogen-bond acceptors (Lipinski definition) is 4. The largest absolute Gasteiger partial charge is 0.573 e. The van der Waals surface area contributed by atoms with Crippen molar-refractivity contribution in [2.24, 2.45) is 0 Å². The van der Waals surface area contributed by atoms with Gasteiger partial charge in [-0.3, -0.25) is 4.79 Å². The van der Waals surface area contributed by atoms with Gasteiger partial charge in [-0.05, 0) is 65.6 Å². The third-order valence-electron chi connectivity index (χ3n) is 5.24. The number of carboxylic acids is 1. The van der Waals surface area contributed by atoms with E-state index in [2.05, 4.69) is 4.74 Å². The van der Waals surface area contributed by atoms with Gasteiger partial charge < -0.3 is 9.84 Å². The van der Waals surface area contributed by atoms with Crippen molar-refractivity contribution in [3.63, 3.8) is 0 Å². The molecule has 0 aliphatic heterocycles. The highest BCUT2D eigenvalue weighted by Gasteiger charge is 2.31. The second kappa shape index (κ2) is 9.27. The van der Waals surface area contributed by atoms with Gasteiger partial charge >= 0.3 is 12.3 Å². The first-order valence-corrected chi connectivity index (χ1v) is 12.0. The number of aliphatic carboxylic acids is 1. The van der Waals surface area contributed by atoms with E-state index in [1.807, 2.05) is 0 Å². The predicted octanol–water partition coefficient (Wildman–Crippen LogP) is 6.11. The van der Waals surface area contributed by atoms with Gasteiger partial charge in [0.05, 0.1) is 10.4 Å². The fourth-order valence-electron chi connectivity index (χ4n) is 3.68. The predicted molar refractivity (Wildman–Crippen MR) is 124 cm³/mol. The van der Waals surface area contributed by atoms with Crippen LogP contribution in [0.1, 0.15) is 12.0 Å². The summed E-state index contributed by atoms with van der Waals surface area (Å²) < 4.78 is 69.3. The van der Waals surface area contributed by atoms with Crippen LogP contribution in [0.25, 0.3) is 22.0 Å². The van der Waals surface area contributed by atoms with E-state index in [0.29, 0.717) is 32.6 Å². The molecule has 0 aliphatic carbocycles. The summed E-state index contributed by atoms with van der Waals surface area (Å²) in [6, 6.07) is 15.7. The van der Waals surface area contributed by atoms with E-state index in [4.69, 9.17) is 16.7 Å². The molecule has 4 aromatic rings. The van der Waals surface area contributed by atoms with E-state index in [1.165, 1.54) is 42.6 Å². The number of fused-ring (bicyclic) bond motifs is 1. The summed E-state index contributed by atoms with van der Waals surface area (Å²) in [6.07, 6.45) is -3.51. The molecule has 4 rings (SSSR count). The standard InChI is InChI=1S/C24H17ClF3NO5S/c25-18-7-10-22-21(13-18)17(6-11-23(30)31)14-29(22)35(32,33)20-3-1-2-16(12-20)15-4-8-19(9-5-15)34-24(26,27)28/h1-5,7-10,12-14H,6,11H2,(H,30,31). The van der Waals surface area contributed by atoms with Crippen LogP contribution in [0.2, 0.25) is 5.02 Å². The number of carboxylic acid groups (broad SMARTS) is 1. The Morgan fingerprint density at radius 2 is 1.71 bits per heavy atom. The molecule has 0 aliphatic rings. The fraction of sp³-hybridized carbons (Fsp3) is 0.125. The lowest BCUT2D eigenvalue weighted by molar-refractivity contribution is -0.274. The minimum absolute atomic E-state index is 0.0535. The minimum atomic E-state index is -4.82. The number of nitrogens with zero attached hydrogens (tertiary/aromatic N) is 1. The molecule has 1 heterocycles. The van der Waals surface area contributed by atoms with Crippen LogP contribution in [0.15, 0.2) is 77.8 Å². The Hall–Kier alpha value is -3.50. The lowest BCUT2D eigenvalue weighted by Crippen LogP contribution is -2.16. The summed E-state index contributed by atoms with van der Waals surface area (Å²) in [5.74, 6) is -1.41. The molecular weight excluding hydrogens is 507 g/mol. The molecule has 0 amide bonds. The van der Waals surface area contributed by atoms with Crippen molar-refractivity contribution >= 4 is 38.5 Å². The Bertz CT molecular complexity index is 1510. The van der Waals surface area contributed by atoms with Crippen LogP contribution in [-0.2, 0) is 21.2 Å². The van der Waals surface area contributed by atoms with Crippen LogP contribution >= 0.6 is 11.6 Å². The smallest absolute Gasteiger partial charge is 0.481 e. The molecule has 3 aromatic carbocycles. The number of carbonyl (C=O) groups is 1. The van der Waals surface area contributed by atoms with Gasteiger partial charge in [0.2, 0.25) is 0 Å². The number of ether oxygens (including phenoxy) is 1. The topological polar surface area (TPSA) is 85.6 Å². The summed E-state index contributed by atoms with van der Waals surface area (Å²) in [4.78, 5) is 11.0. The average molecular weight is 524 g/mol. The molecule has 0 unspecified atom stereocenters. The highest BCUT2D eigenvalue weighted by atomic mass is 35.5. The third kappa shape index (κ3) is 5.44. The van der Waals surface area contributed by atoms with Crippen LogP contribution in [0.4, 0.5) is 13.2 Å². The SMILES string of the molecule is O=C(O)CCc1cn(S(=O)(=O)c2cccc(-c3ccc(OC(F)(F)F)cc3)c2)c2ccc(Cl)cc12. The molecule has 0 radical (unpaired) electrons. The zero-order valence-corrected chi connectivity index (χ0v) is 19.4. The van der Waals surface area contributed by atoms with E-state index < -0.39 is 28.1 Å². The number of aryl methyl sites for hydroxylation is 1. The number of alkyl halides is 3. The molecule has 0 bridgehead atoms. The fourth-order valence-corrected chi connectivity index (χ4v) is 5.29. The lowest BCUT2D eigenvalue weighted by atomic mass is 10.1. The molecule has 6 nitrogen and oxygen atoms in total. The Morgan fingerprint density at radius 1 is 1.00 bits per heavy atom. The summed E-state index contributed by atoms with van der Waals surface area (Å²) in [5, 5.41) is 9.95. The summed E-state index contributed by atoms with van der Waals surface area (Å²) in [7, 11) is -4.11. The van der Waals surface area contributed by atoms with E-state index in [9.17, 15) is 26.4 Å². The van der Waals surface area contributed by atoms with Crippen molar-refractivity contribution < 1.29 is 36.2 Å². The van der Waals surface area contributed by atoms with Crippen molar-refractivity contribution in [3.8, 4) is 16.9 Å². The molecule has 0 saturated heterocycles. The van der Waals surface area contributed by atoms with Gasteiger partial charge in [-0.2, -0.15) is 0 Å². The highest BCUT2D eigenvalue weighted by molar-refractivity contribution is 7.90. The average Bonchev–Trinajstić information content (AvgIpc) is 3.15. The molecule has 182 valence electrons. The number of aromatic nitrogens is 1. The lowest BCUT2D eigenvalue weighted by Gasteiger charge is -2.11. The first-order chi connectivity index (χ1) is 16.4. The zero-order chi connectivity index (χ0) is 25.4. The monoisotopic (exact) mass is 523 g/mol. The molecule has 0 fully saturated rings. The zero-order valence-electron chi connectivity index (χ0n) is 17.8. The van der Waals surface area contributed by atoms with Crippen LogP contribution in [0.3, 0.4) is 0 Å². The van der Waals surface area contributed by atoms with Gasteiger partial charge in [0, 0.05) is 23.0 Å².